The van der Waals surface area contributed by atoms with Gasteiger partial charge in [0, 0.05) is 10.9 Å². The average molecular weight is 283 g/mol. The van der Waals surface area contributed by atoms with Gasteiger partial charge in [-0.2, -0.15) is 0 Å². The molecule has 1 aromatic rings. The summed E-state index contributed by atoms with van der Waals surface area (Å²) in [5, 5.41) is -0.0351. The van der Waals surface area contributed by atoms with Gasteiger partial charge in [-0.3, -0.25) is 4.21 Å². The highest BCUT2D eigenvalue weighted by Crippen LogP contribution is 2.32. The fourth-order valence-corrected chi connectivity index (χ4v) is 4.61. The van der Waals surface area contributed by atoms with Gasteiger partial charge >= 0.3 is 0 Å². The van der Waals surface area contributed by atoms with Crippen molar-refractivity contribution in [3.8, 4) is 0 Å². The van der Waals surface area contributed by atoms with Crippen molar-refractivity contribution in [2.75, 3.05) is 0 Å². The minimum absolute atomic E-state index is 0.0304. The van der Waals surface area contributed by atoms with E-state index in [0.717, 1.165) is 25.7 Å². The van der Waals surface area contributed by atoms with Crippen LogP contribution in [0, 0.1) is 11.7 Å². The van der Waals surface area contributed by atoms with Gasteiger partial charge in [-0.15, -0.1) is 0 Å². The largest absolute Gasteiger partial charge is 0.327 e. The van der Waals surface area contributed by atoms with Crippen molar-refractivity contribution in [2.24, 2.45) is 11.7 Å². The third-order valence-electron chi connectivity index (χ3n) is 3.95. The molecule has 0 aromatic heterocycles. The molecule has 106 valence electrons. The van der Waals surface area contributed by atoms with E-state index in [0.29, 0.717) is 10.8 Å². The molecular weight excluding hydrogens is 261 g/mol. The second kappa shape index (κ2) is 6.62. The van der Waals surface area contributed by atoms with Gasteiger partial charge in [-0.25, -0.2) is 4.39 Å². The molecule has 2 nitrogen and oxygen atoms in total. The summed E-state index contributed by atoms with van der Waals surface area (Å²) in [4.78, 5) is 0.567. The van der Waals surface area contributed by atoms with E-state index in [-0.39, 0.29) is 17.1 Å². The van der Waals surface area contributed by atoms with Gasteiger partial charge < -0.3 is 5.73 Å². The highest BCUT2D eigenvalue weighted by atomic mass is 32.2. The van der Waals surface area contributed by atoms with Crippen LogP contribution >= 0.6 is 0 Å². The van der Waals surface area contributed by atoms with Crippen molar-refractivity contribution >= 4 is 10.8 Å². The third kappa shape index (κ3) is 3.63. The Bertz CT molecular complexity index is 452. The van der Waals surface area contributed by atoms with Crippen molar-refractivity contribution in [3.63, 3.8) is 0 Å². The molecule has 1 saturated carbocycles. The number of benzene rings is 1. The molecule has 0 amide bonds. The van der Waals surface area contributed by atoms with Gasteiger partial charge in [-0.05, 0) is 43.4 Å². The Balaban J connectivity index is 2.12. The maximum Gasteiger partial charge on any atom is 0.124 e. The fourth-order valence-electron chi connectivity index (χ4n) is 2.92. The summed E-state index contributed by atoms with van der Waals surface area (Å²) in [6.45, 7) is 2.17. The van der Waals surface area contributed by atoms with Crippen LogP contribution in [0.5, 0.6) is 0 Å². The first-order chi connectivity index (χ1) is 9.11. The van der Waals surface area contributed by atoms with Crippen LogP contribution < -0.4 is 5.73 Å². The van der Waals surface area contributed by atoms with Crippen LogP contribution in [0.4, 0.5) is 4.39 Å². The van der Waals surface area contributed by atoms with Crippen molar-refractivity contribution < 1.29 is 8.60 Å². The Labute approximate surface area is 117 Å². The van der Waals surface area contributed by atoms with Crippen LogP contribution in [0.1, 0.15) is 39.0 Å². The topological polar surface area (TPSA) is 43.1 Å². The summed E-state index contributed by atoms with van der Waals surface area (Å²) in [6, 6.07) is 6.06. The number of halogens is 1. The van der Waals surface area contributed by atoms with Gasteiger partial charge in [0.2, 0.25) is 0 Å². The molecule has 0 radical (unpaired) electrons. The number of hydrogen-bond acceptors (Lipinski definition) is 2. The molecule has 1 aromatic carbocycles. The van der Waals surface area contributed by atoms with E-state index in [9.17, 15) is 8.60 Å². The van der Waals surface area contributed by atoms with E-state index in [1.807, 2.05) is 0 Å². The Morgan fingerprint density at radius 1 is 1.42 bits per heavy atom. The SMILES string of the molecule is CCCC1CCC(N)C(S(=O)c2cccc(F)c2)C1. The van der Waals surface area contributed by atoms with Gasteiger partial charge in [0.05, 0.1) is 16.0 Å². The first kappa shape index (κ1) is 14.7. The van der Waals surface area contributed by atoms with E-state index in [1.165, 1.54) is 18.6 Å². The van der Waals surface area contributed by atoms with Gasteiger partial charge in [0.25, 0.3) is 0 Å². The van der Waals surface area contributed by atoms with Crippen molar-refractivity contribution in [1.29, 1.82) is 0 Å². The summed E-state index contributed by atoms with van der Waals surface area (Å²) in [7, 11) is -1.20. The number of nitrogens with two attached hydrogens (primary N) is 1. The highest BCUT2D eigenvalue weighted by molar-refractivity contribution is 7.85. The molecular formula is C15H22FNOS. The van der Waals surface area contributed by atoms with Crippen molar-refractivity contribution in [2.45, 2.75) is 55.2 Å². The van der Waals surface area contributed by atoms with Crippen molar-refractivity contribution in [1.82, 2.24) is 0 Å². The zero-order chi connectivity index (χ0) is 13.8. The van der Waals surface area contributed by atoms with Gasteiger partial charge in [0.15, 0.2) is 0 Å². The molecule has 4 atom stereocenters. The minimum Gasteiger partial charge on any atom is -0.327 e. The normalized spacial score (nSPS) is 29.1. The molecule has 2 N–H and O–H groups in total. The molecule has 0 aliphatic heterocycles. The third-order valence-corrected chi connectivity index (χ3v) is 5.76. The molecule has 1 aliphatic carbocycles. The van der Waals surface area contributed by atoms with Crippen LogP contribution in [0.2, 0.25) is 0 Å². The fraction of sp³-hybridized carbons (Fsp3) is 0.600. The van der Waals surface area contributed by atoms with E-state index >= 15 is 0 Å². The van der Waals surface area contributed by atoms with Crippen LogP contribution in [-0.4, -0.2) is 15.5 Å². The van der Waals surface area contributed by atoms with Crippen LogP contribution in [0.25, 0.3) is 0 Å². The standard InChI is InChI=1S/C15H22FNOS/c1-2-4-11-7-8-14(17)15(9-11)19(18)13-6-3-5-12(16)10-13/h3,5-6,10-11,14-15H,2,4,7-9,17H2,1H3. The molecule has 4 unspecified atom stereocenters. The summed E-state index contributed by atoms with van der Waals surface area (Å²) in [5.74, 6) is 0.285. The molecule has 0 heterocycles. The Morgan fingerprint density at radius 3 is 2.89 bits per heavy atom. The highest BCUT2D eigenvalue weighted by Gasteiger charge is 2.32. The first-order valence-electron chi connectivity index (χ1n) is 7.03. The van der Waals surface area contributed by atoms with Crippen LogP contribution in [0.3, 0.4) is 0 Å². The second-order valence-electron chi connectivity index (χ2n) is 5.42. The number of rotatable bonds is 4. The average Bonchev–Trinajstić information content (AvgIpc) is 2.40. The maximum atomic E-state index is 13.2. The molecule has 0 bridgehead atoms. The zero-order valence-corrected chi connectivity index (χ0v) is 12.2. The molecule has 1 aliphatic rings. The lowest BCUT2D eigenvalue weighted by Gasteiger charge is -2.33. The Hall–Kier alpha value is -0.740. The summed E-state index contributed by atoms with van der Waals surface area (Å²) >= 11 is 0. The molecule has 1 fully saturated rings. The van der Waals surface area contributed by atoms with E-state index in [1.54, 1.807) is 12.1 Å². The number of hydrogen-bond donors (Lipinski definition) is 1. The lowest BCUT2D eigenvalue weighted by Crippen LogP contribution is -2.43. The zero-order valence-electron chi connectivity index (χ0n) is 11.3. The quantitative estimate of drug-likeness (QED) is 0.922. The predicted octanol–water partition coefficient (Wildman–Crippen LogP) is 3.23. The molecule has 4 heteroatoms. The van der Waals surface area contributed by atoms with Gasteiger partial charge in [-0.1, -0.05) is 25.8 Å². The lowest BCUT2D eigenvalue weighted by atomic mass is 9.83. The Morgan fingerprint density at radius 2 is 2.21 bits per heavy atom. The second-order valence-corrected chi connectivity index (χ2v) is 7.10. The van der Waals surface area contributed by atoms with E-state index < -0.39 is 10.8 Å². The molecule has 19 heavy (non-hydrogen) atoms. The Kier molecular flexibility index (Phi) is 5.11. The van der Waals surface area contributed by atoms with Crippen LogP contribution in [0.15, 0.2) is 29.2 Å². The van der Waals surface area contributed by atoms with E-state index in [2.05, 4.69) is 6.92 Å². The van der Waals surface area contributed by atoms with Gasteiger partial charge in [0.1, 0.15) is 5.82 Å². The summed E-state index contributed by atoms with van der Waals surface area (Å²) < 4.78 is 25.8. The minimum atomic E-state index is -1.20. The summed E-state index contributed by atoms with van der Waals surface area (Å²) in [5.41, 5.74) is 6.13. The van der Waals surface area contributed by atoms with Crippen LogP contribution in [-0.2, 0) is 10.8 Å². The van der Waals surface area contributed by atoms with E-state index in [4.69, 9.17) is 5.73 Å². The predicted molar refractivity (Wildman–Crippen MR) is 76.8 cm³/mol. The van der Waals surface area contributed by atoms with Crippen molar-refractivity contribution in [3.05, 3.63) is 30.1 Å². The first-order valence-corrected chi connectivity index (χ1v) is 8.24. The summed E-state index contributed by atoms with van der Waals surface area (Å²) in [6.07, 6.45) is 5.28. The maximum absolute atomic E-state index is 13.2. The smallest absolute Gasteiger partial charge is 0.124 e. The lowest BCUT2D eigenvalue weighted by molar-refractivity contribution is 0.313. The monoisotopic (exact) mass is 283 g/mol. The molecule has 0 saturated heterocycles. The molecule has 2 rings (SSSR count). The molecule has 0 spiro atoms.